The Bertz CT molecular complexity index is 525. The molecule has 6 heteroatoms. The van der Waals surface area contributed by atoms with Gasteiger partial charge in [0.2, 0.25) is 5.78 Å². The minimum atomic E-state index is -1.02. The summed E-state index contributed by atoms with van der Waals surface area (Å²) in [6.07, 6.45) is 0.403. The molecule has 0 heterocycles. The van der Waals surface area contributed by atoms with E-state index in [4.69, 9.17) is 5.11 Å². The molecule has 1 atom stereocenters. The third kappa shape index (κ3) is 5.33. The molecule has 114 valence electrons. The molecule has 0 aromatic heterocycles. The van der Waals surface area contributed by atoms with Crippen LogP contribution in [0.25, 0.3) is 0 Å². The molecule has 0 saturated heterocycles. The summed E-state index contributed by atoms with van der Waals surface area (Å²) >= 11 is 0. The summed E-state index contributed by atoms with van der Waals surface area (Å²) in [5.74, 6) is -3.81. The fourth-order valence-corrected chi connectivity index (χ4v) is 1.87. The van der Waals surface area contributed by atoms with Crippen LogP contribution in [0.4, 0.5) is 4.39 Å². The average Bonchev–Trinajstić information content (AvgIpc) is 2.42. The Morgan fingerprint density at radius 3 is 2.24 bits per heavy atom. The van der Waals surface area contributed by atoms with Crippen molar-refractivity contribution in [2.24, 2.45) is 11.8 Å². The Kier molecular flexibility index (Phi) is 6.02. The van der Waals surface area contributed by atoms with E-state index < -0.39 is 29.4 Å². The van der Waals surface area contributed by atoms with Gasteiger partial charge in [-0.25, -0.2) is 4.39 Å². The second-order valence-electron chi connectivity index (χ2n) is 5.21. The molecule has 0 radical (unpaired) electrons. The van der Waals surface area contributed by atoms with Gasteiger partial charge in [0.05, 0.1) is 5.92 Å². The topological polar surface area (TPSA) is 83.5 Å². The summed E-state index contributed by atoms with van der Waals surface area (Å²) in [5, 5.41) is 11.4. The van der Waals surface area contributed by atoms with Gasteiger partial charge in [-0.1, -0.05) is 13.8 Å². The lowest BCUT2D eigenvalue weighted by Gasteiger charge is -2.15. The highest BCUT2D eigenvalue weighted by Gasteiger charge is 2.22. The maximum atomic E-state index is 12.7. The van der Waals surface area contributed by atoms with E-state index in [0.29, 0.717) is 6.42 Å². The van der Waals surface area contributed by atoms with Gasteiger partial charge in [0, 0.05) is 12.1 Å². The maximum absolute atomic E-state index is 12.7. The van der Waals surface area contributed by atoms with E-state index in [1.807, 2.05) is 13.8 Å². The highest BCUT2D eigenvalue weighted by atomic mass is 19.1. The van der Waals surface area contributed by atoms with Crippen LogP contribution in [0.1, 0.15) is 30.6 Å². The molecule has 0 aliphatic heterocycles. The normalized spacial score (nSPS) is 12.0. The first-order chi connectivity index (χ1) is 9.81. The standard InChI is InChI=1S/C15H18FNO4/c1-9(2)7-11(15(20)21)8-17-14(19)13(18)10-3-5-12(16)6-4-10/h3-6,9,11H,7-8H2,1-2H3,(H,17,19)(H,20,21). The summed E-state index contributed by atoms with van der Waals surface area (Å²) in [6.45, 7) is 3.64. The van der Waals surface area contributed by atoms with Gasteiger partial charge in [-0.3, -0.25) is 14.4 Å². The minimum absolute atomic E-state index is 0.0598. The maximum Gasteiger partial charge on any atom is 0.308 e. The summed E-state index contributed by atoms with van der Waals surface area (Å²) in [6, 6.07) is 4.58. The lowest BCUT2D eigenvalue weighted by atomic mass is 9.97. The quantitative estimate of drug-likeness (QED) is 0.594. The molecule has 0 aliphatic rings. The number of rotatable bonds is 7. The van der Waals surface area contributed by atoms with Crippen LogP contribution in [0.3, 0.4) is 0 Å². The molecule has 0 aliphatic carbocycles. The molecule has 2 N–H and O–H groups in total. The molecule has 0 bridgehead atoms. The van der Waals surface area contributed by atoms with Crippen LogP contribution in [0.15, 0.2) is 24.3 Å². The lowest BCUT2D eigenvalue weighted by molar-refractivity contribution is -0.142. The highest BCUT2D eigenvalue weighted by Crippen LogP contribution is 2.11. The molecule has 1 rings (SSSR count). The Hall–Kier alpha value is -2.24. The van der Waals surface area contributed by atoms with Crippen LogP contribution in [-0.2, 0) is 9.59 Å². The molecule has 0 fully saturated rings. The monoisotopic (exact) mass is 295 g/mol. The lowest BCUT2D eigenvalue weighted by Crippen LogP contribution is -2.37. The largest absolute Gasteiger partial charge is 0.481 e. The number of aliphatic carboxylic acids is 1. The first-order valence-electron chi connectivity index (χ1n) is 6.62. The van der Waals surface area contributed by atoms with E-state index in [2.05, 4.69) is 5.32 Å². The number of amides is 1. The SMILES string of the molecule is CC(C)CC(CNC(=O)C(=O)c1ccc(F)cc1)C(=O)O. The van der Waals surface area contributed by atoms with E-state index in [9.17, 15) is 18.8 Å². The zero-order valence-electron chi connectivity index (χ0n) is 11.9. The second kappa shape index (κ2) is 7.52. The molecular formula is C15H18FNO4. The summed E-state index contributed by atoms with van der Waals surface area (Å²) in [7, 11) is 0. The molecule has 0 saturated carbocycles. The number of hydrogen-bond donors (Lipinski definition) is 2. The van der Waals surface area contributed by atoms with E-state index in [-0.39, 0.29) is 18.0 Å². The van der Waals surface area contributed by atoms with Gasteiger partial charge >= 0.3 is 5.97 Å². The van der Waals surface area contributed by atoms with Crippen molar-refractivity contribution in [3.63, 3.8) is 0 Å². The van der Waals surface area contributed by atoms with Crippen LogP contribution in [0, 0.1) is 17.7 Å². The van der Waals surface area contributed by atoms with Gasteiger partial charge in [-0.05, 0) is 36.6 Å². The third-order valence-corrected chi connectivity index (χ3v) is 2.93. The number of halogens is 1. The Morgan fingerprint density at radius 2 is 1.76 bits per heavy atom. The molecule has 1 aromatic rings. The number of nitrogens with one attached hydrogen (secondary N) is 1. The van der Waals surface area contributed by atoms with Crippen molar-refractivity contribution in [1.29, 1.82) is 0 Å². The van der Waals surface area contributed by atoms with Crippen LogP contribution in [0.2, 0.25) is 0 Å². The first kappa shape index (κ1) is 16.8. The number of benzene rings is 1. The molecule has 1 unspecified atom stereocenters. The van der Waals surface area contributed by atoms with Gasteiger partial charge in [0.1, 0.15) is 5.82 Å². The number of carboxylic acids is 1. The fourth-order valence-electron chi connectivity index (χ4n) is 1.87. The Labute approximate surface area is 122 Å². The second-order valence-corrected chi connectivity index (χ2v) is 5.21. The van der Waals surface area contributed by atoms with Gasteiger partial charge in [0.25, 0.3) is 5.91 Å². The molecule has 1 amide bonds. The van der Waals surface area contributed by atoms with Crippen molar-refractivity contribution in [1.82, 2.24) is 5.32 Å². The van der Waals surface area contributed by atoms with Crippen LogP contribution < -0.4 is 5.32 Å². The first-order valence-corrected chi connectivity index (χ1v) is 6.62. The number of Topliss-reactive ketones (excluding diaryl/α,β-unsaturated/α-hetero) is 1. The summed E-state index contributed by atoms with van der Waals surface area (Å²) in [5.41, 5.74) is 0.0598. The highest BCUT2D eigenvalue weighted by molar-refractivity contribution is 6.42. The van der Waals surface area contributed by atoms with Crippen molar-refractivity contribution >= 4 is 17.7 Å². The summed E-state index contributed by atoms with van der Waals surface area (Å²) in [4.78, 5) is 34.5. The fraction of sp³-hybridized carbons (Fsp3) is 0.400. The van der Waals surface area contributed by atoms with E-state index in [1.165, 1.54) is 12.1 Å². The molecule has 5 nitrogen and oxygen atoms in total. The molecular weight excluding hydrogens is 277 g/mol. The summed E-state index contributed by atoms with van der Waals surface area (Å²) < 4.78 is 12.7. The number of carboxylic acid groups (broad SMARTS) is 1. The van der Waals surface area contributed by atoms with Gasteiger partial charge in [0.15, 0.2) is 0 Å². The number of hydrogen-bond acceptors (Lipinski definition) is 3. The smallest absolute Gasteiger partial charge is 0.308 e. The van der Waals surface area contributed by atoms with Crippen molar-refractivity contribution in [3.8, 4) is 0 Å². The Morgan fingerprint density at radius 1 is 1.19 bits per heavy atom. The third-order valence-electron chi connectivity index (χ3n) is 2.93. The number of ketones is 1. The van der Waals surface area contributed by atoms with Crippen molar-refractivity contribution in [3.05, 3.63) is 35.6 Å². The van der Waals surface area contributed by atoms with Gasteiger partial charge in [-0.2, -0.15) is 0 Å². The molecule has 21 heavy (non-hydrogen) atoms. The van der Waals surface area contributed by atoms with Crippen LogP contribution >= 0.6 is 0 Å². The van der Waals surface area contributed by atoms with Crippen LogP contribution in [0.5, 0.6) is 0 Å². The number of carbonyl (C=O) groups excluding carboxylic acids is 2. The zero-order chi connectivity index (χ0) is 16.0. The van der Waals surface area contributed by atoms with E-state index in [0.717, 1.165) is 12.1 Å². The van der Waals surface area contributed by atoms with Crippen molar-refractivity contribution < 1.29 is 23.9 Å². The number of carbonyl (C=O) groups is 3. The van der Waals surface area contributed by atoms with Gasteiger partial charge in [-0.15, -0.1) is 0 Å². The average molecular weight is 295 g/mol. The Balaban J connectivity index is 2.61. The van der Waals surface area contributed by atoms with Gasteiger partial charge < -0.3 is 10.4 Å². The van der Waals surface area contributed by atoms with E-state index in [1.54, 1.807) is 0 Å². The molecule has 0 spiro atoms. The minimum Gasteiger partial charge on any atom is -0.481 e. The predicted octanol–water partition coefficient (Wildman–Crippen LogP) is 1.87. The van der Waals surface area contributed by atoms with Crippen molar-refractivity contribution in [2.45, 2.75) is 20.3 Å². The van der Waals surface area contributed by atoms with Crippen LogP contribution in [-0.4, -0.2) is 29.3 Å². The van der Waals surface area contributed by atoms with E-state index >= 15 is 0 Å². The predicted molar refractivity (Wildman–Crippen MR) is 74.3 cm³/mol. The molecule has 1 aromatic carbocycles. The van der Waals surface area contributed by atoms with Crippen molar-refractivity contribution in [2.75, 3.05) is 6.54 Å². The zero-order valence-corrected chi connectivity index (χ0v) is 11.9.